The summed E-state index contributed by atoms with van der Waals surface area (Å²) in [5.74, 6) is -3.57. The molecule has 3 aliphatic rings. The fourth-order valence-electron chi connectivity index (χ4n) is 9.21. The Bertz CT molecular complexity index is 2280. The zero-order valence-electron chi connectivity index (χ0n) is 46.4. The van der Waals surface area contributed by atoms with Gasteiger partial charge in [0.1, 0.15) is 43.5 Å². The van der Waals surface area contributed by atoms with Crippen molar-refractivity contribution in [1.29, 1.82) is 0 Å². The van der Waals surface area contributed by atoms with Crippen LogP contribution < -0.4 is 26.6 Å². The van der Waals surface area contributed by atoms with E-state index in [0.717, 1.165) is 22.3 Å². The lowest BCUT2D eigenvalue weighted by Gasteiger charge is -2.40. The number of Topliss-reactive ketones (excluding diaryl/α,β-unsaturated/α-hetero) is 1. The van der Waals surface area contributed by atoms with Gasteiger partial charge >= 0.3 is 6.09 Å². The average Bonchev–Trinajstić information content (AvgIpc) is 4.03. The van der Waals surface area contributed by atoms with Gasteiger partial charge in [0.15, 0.2) is 12.1 Å². The van der Waals surface area contributed by atoms with Gasteiger partial charge in [-0.05, 0) is 61.3 Å². The number of nitrogens with one attached hydrogen (secondary N) is 5. The first-order valence-electron chi connectivity index (χ1n) is 26.8. The molecule has 10 atom stereocenters. The van der Waals surface area contributed by atoms with Crippen molar-refractivity contribution in [3.8, 4) is 11.1 Å². The minimum atomic E-state index is -1.18. The number of carbonyl (C=O) groups is 7. The molecule has 21 nitrogen and oxygen atoms in total. The molecule has 0 aromatic heterocycles. The molecule has 5 rings (SSSR count). The number of hydrogen-bond acceptors (Lipinski definition) is 17. The predicted molar refractivity (Wildman–Crippen MR) is 295 cm³/mol. The number of ether oxygens (including phenoxy) is 6. The van der Waals surface area contributed by atoms with E-state index in [-0.39, 0.29) is 93.9 Å². The van der Waals surface area contributed by atoms with Crippen LogP contribution >= 0.6 is 21.6 Å². The fourth-order valence-corrected chi connectivity index (χ4v) is 11.7. The zero-order valence-corrected chi connectivity index (χ0v) is 48.0. The highest BCUT2D eigenvalue weighted by Gasteiger charge is 2.43. The van der Waals surface area contributed by atoms with Gasteiger partial charge in [0, 0.05) is 55.6 Å². The molecule has 2 heterocycles. The van der Waals surface area contributed by atoms with Gasteiger partial charge in [-0.25, -0.2) is 4.79 Å². The second kappa shape index (κ2) is 31.2. The van der Waals surface area contributed by atoms with E-state index in [4.69, 9.17) is 28.4 Å². The number of alkyl carbamates (subject to hydrolysis) is 1. The summed E-state index contributed by atoms with van der Waals surface area (Å²) in [4.78, 5) is 95.2. The number of likely N-dealkylation sites (tertiary alicyclic amines) is 1. The molecule has 0 saturated carbocycles. The molecule has 2 aliphatic heterocycles. The van der Waals surface area contributed by atoms with Crippen LogP contribution in [-0.4, -0.2) is 188 Å². The van der Waals surface area contributed by atoms with Crippen LogP contribution in [0.1, 0.15) is 98.1 Å². The maximum absolute atomic E-state index is 14.3. The van der Waals surface area contributed by atoms with Crippen molar-refractivity contribution in [2.75, 3.05) is 72.2 Å². The molecular formula is C55H82N6O15S2. The highest BCUT2D eigenvalue weighted by molar-refractivity contribution is 8.77. The lowest BCUT2D eigenvalue weighted by atomic mass is 9.91. The Labute approximate surface area is 466 Å². The molecule has 2 aromatic rings. The van der Waals surface area contributed by atoms with Crippen LogP contribution in [0.25, 0.3) is 11.1 Å². The van der Waals surface area contributed by atoms with Crippen LogP contribution in [0, 0.1) is 11.8 Å². The Kier molecular flexibility index (Phi) is 25.6. The van der Waals surface area contributed by atoms with E-state index in [1.807, 2.05) is 69.3 Å². The maximum atomic E-state index is 14.3. The first-order valence-corrected chi connectivity index (χ1v) is 29.1. The van der Waals surface area contributed by atoms with Gasteiger partial charge < -0.3 is 70.1 Å². The van der Waals surface area contributed by atoms with Crippen molar-refractivity contribution < 1.29 is 72.2 Å². The molecule has 1 aliphatic carbocycles. The van der Waals surface area contributed by atoms with E-state index in [9.17, 15) is 43.8 Å². The maximum Gasteiger partial charge on any atom is 0.407 e. The third kappa shape index (κ3) is 18.9. The SMILES string of the molecule is CO[C@@H]1OC(COCC(=O)NCCOCCOCCCC(=O)C(C)NC(=O)C(C)NC(=O)C2CCCN2C(=O)C(NC(=O)C(CSSC(C)(C)C)NC(=O)OCC2c3ccccc3-c3ccccc32)C(C)C)[C@@H](C)[C@H](O)C1O. The van der Waals surface area contributed by atoms with Crippen molar-refractivity contribution in [2.24, 2.45) is 11.8 Å². The Hall–Kier alpha value is -4.85. The van der Waals surface area contributed by atoms with Gasteiger partial charge in [0.05, 0.1) is 44.7 Å². The highest BCUT2D eigenvalue weighted by Crippen LogP contribution is 2.44. The number of benzene rings is 2. The second-order valence-corrected chi connectivity index (χ2v) is 24.3. The average molecular weight is 1130 g/mol. The quantitative estimate of drug-likeness (QED) is 0.0436. The molecule has 2 saturated heterocycles. The minimum absolute atomic E-state index is 0.0260. The monoisotopic (exact) mass is 1130 g/mol. The van der Waals surface area contributed by atoms with Gasteiger partial charge in [-0.1, -0.05) is 112 Å². The van der Waals surface area contributed by atoms with Crippen LogP contribution in [0.15, 0.2) is 48.5 Å². The Balaban J connectivity index is 0.991. The Morgan fingerprint density at radius 1 is 0.795 bits per heavy atom. The molecular weight excluding hydrogens is 1050 g/mol. The molecule has 2 fully saturated rings. The van der Waals surface area contributed by atoms with Crippen LogP contribution in [0.4, 0.5) is 4.79 Å². The first kappa shape index (κ1) is 64.0. The van der Waals surface area contributed by atoms with Crippen LogP contribution in [-0.2, 0) is 57.2 Å². The van der Waals surface area contributed by atoms with Crippen molar-refractivity contribution >= 4 is 63.0 Å². The van der Waals surface area contributed by atoms with E-state index in [0.29, 0.717) is 19.3 Å². The summed E-state index contributed by atoms with van der Waals surface area (Å²) in [6, 6.07) is 11.1. The van der Waals surface area contributed by atoms with Crippen LogP contribution in [0.5, 0.6) is 0 Å². The van der Waals surface area contributed by atoms with Crippen molar-refractivity contribution in [3.63, 3.8) is 0 Å². The number of nitrogens with zero attached hydrogens (tertiary/aromatic N) is 1. The molecule has 2 aromatic carbocycles. The summed E-state index contributed by atoms with van der Waals surface area (Å²) in [5.41, 5.74) is 4.28. The molecule has 0 bridgehead atoms. The van der Waals surface area contributed by atoms with Crippen LogP contribution in [0.3, 0.4) is 0 Å². The van der Waals surface area contributed by atoms with Gasteiger partial charge in [0.25, 0.3) is 0 Å². The lowest BCUT2D eigenvalue weighted by Crippen LogP contribution is -2.59. The first-order chi connectivity index (χ1) is 37.1. The number of rotatable bonds is 30. The number of amides is 6. The molecule has 6 amide bonds. The molecule has 434 valence electrons. The number of methoxy groups -OCH3 is 1. The number of ketones is 1. The normalized spacial score (nSPS) is 21.6. The second-order valence-electron chi connectivity index (χ2n) is 21.2. The molecule has 78 heavy (non-hydrogen) atoms. The van der Waals surface area contributed by atoms with E-state index >= 15 is 0 Å². The van der Waals surface area contributed by atoms with Gasteiger partial charge in [-0.2, -0.15) is 0 Å². The fraction of sp³-hybridized carbons (Fsp3) is 0.655. The molecule has 0 radical (unpaired) electrons. The summed E-state index contributed by atoms with van der Waals surface area (Å²) in [5, 5.41) is 33.9. The lowest BCUT2D eigenvalue weighted by molar-refractivity contribution is -0.282. The largest absolute Gasteiger partial charge is 0.449 e. The standard InChI is InChI=1S/C55H82N6O15S2/c1-32(2)46(60-50(67)41(31-77-78-55(6,7)8)59-54(70)75-28-40-38-18-12-10-16-36(38)37-17-11-13-19-39(37)40)52(69)61-23-14-20-42(61)51(68)58-35(5)49(66)57-34(4)43(62)21-15-24-72-26-27-73-25-22-56-45(63)30-74-29-44-33(3)47(64)48(65)53(71-9)76-44/h10-13,16-19,32-35,40-42,44,46-48,53,64-65H,14-15,20-31H2,1-9H3,(H,56,63)(H,57,66)(H,58,68)(H,59,70)(H,60,67)/t33-,34?,35?,41?,42?,44?,46?,47+,48?,53-/m1/s1. The molecule has 7 unspecified atom stereocenters. The van der Waals surface area contributed by atoms with Gasteiger partial charge in [-0.15, -0.1) is 0 Å². The number of aliphatic hydroxyl groups is 2. The van der Waals surface area contributed by atoms with Gasteiger partial charge in [0.2, 0.25) is 29.5 Å². The van der Waals surface area contributed by atoms with E-state index < -0.39 is 96.4 Å². The third-order valence-electron chi connectivity index (χ3n) is 13.6. The van der Waals surface area contributed by atoms with Crippen molar-refractivity contribution in [2.45, 2.75) is 147 Å². The summed E-state index contributed by atoms with van der Waals surface area (Å²) in [6.45, 7) is 15.8. The van der Waals surface area contributed by atoms with E-state index in [2.05, 4.69) is 26.6 Å². The highest BCUT2D eigenvalue weighted by atomic mass is 33.1. The Morgan fingerprint density at radius 3 is 2.09 bits per heavy atom. The summed E-state index contributed by atoms with van der Waals surface area (Å²) >= 11 is 0. The van der Waals surface area contributed by atoms with E-state index in [1.54, 1.807) is 38.5 Å². The van der Waals surface area contributed by atoms with E-state index in [1.165, 1.54) is 29.7 Å². The van der Waals surface area contributed by atoms with Crippen molar-refractivity contribution in [3.05, 3.63) is 59.7 Å². The molecule has 23 heteroatoms. The number of carbonyl (C=O) groups excluding carboxylic acids is 7. The Morgan fingerprint density at radius 2 is 1.45 bits per heavy atom. The van der Waals surface area contributed by atoms with Crippen molar-refractivity contribution in [1.82, 2.24) is 31.5 Å². The molecule has 0 spiro atoms. The third-order valence-corrected chi connectivity index (χ3v) is 17.0. The number of fused-ring (bicyclic) bond motifs is 3. The summed E-state index contributed by atoms with van der Waals surface area (Å²) in [6.07, 6.45) is -3.18. The zero-order chi connectivity index (χ0) is 57.1. The van der Waals surface area contributed by atoms with Crippen LogP contribution in [0.2, 0.25) is 0 Å². The molecule has 7 N–H and O–H groups in total. The number of aliphatic hydroxyl groups excluding tert-OH is 2. The minimum Gasteiger partial charge on any atom is -0.449 e. The smallest absolute Gasteiger partial charge is 0.407 e. The van der Waals surface area contributed by atoms with Gasteiger partial charge in [-0.3, -0.25) is 28.8 Å². The summed E-state index contributed by atoms with van der Waals surface area (Å²) < 4.78 is 32.8. The topological polar surface area (TPSA) is 279 Å². The summed E-state index contributed by atoms with van der Waals surface area (Å²) in [7, 11) is 4.33. The predicted octanol–water partition coefficient (Wildman–Crippen LogP) is 3.46. The number of hydrogen-bond donors (Lipinski definition) is 7.